The number of amides is 1. The third-order valence-corrected chi connectivity index (χ3v) is 3.72. The van der Waals surface area contributed by atoms with Crippen LogP contribution in [0.4, 0.5) is 5.69 Å². The highest BCUT2D eigenvalue weighted by molar-refractivity contribution is 6.16. The topological polar surface area (TPSA) is 87.4 Å². The number of nitrogens with zero attached hydrogens (tertiary/aromatic N) is 1. The molecule has 1 amide bonds. The van der Waals surface area contributed by atoms with E-state index in [1.165, 1.54) is 0 Å². The first kappa shape index (κ1) is 12.2. The van der Waals surface area contributed by atoms with Crippen molar-refractivity contribution >= 4 is 33.5 Å². The van der Waals surface area contributed by atoms with E-state index < -0.39 is 0 Å². The van der Waals surface area contributed by atoms with Gasteiger partial charge in [0, 0.05) is 18.1 Å². The smallest absolute Gasteiger partial charge is 0.289 e. The van der Waals surface area contributed by atoms with Crippen molar-refractivity contribution in [2.24, 2.45) is 0 Å². The third-order valence-electron chi connectivity index (χ3n) is 3.72. The molecule has 0 saturated carbocycles. The average molecular weight is 283 g/mol. The number of carbonyl (C=O) groups excluding carboxylic acids is 1. The number of furan rings is 1. The molecule has 1 aromatic carbocycles. The van der Waals surface area contributed by atoms with E-state index in [1.54, 1.807) is 6.20 Å². The molecule has 3 aromatic rings. The van der Waals surface area contributed by atoms with Crippen LogP contribution < -0.4 is 10.6 Å². The van der Waals surface area contributed by atoms with Gasteiger partial charge in [0.25, 0.3) is 5.91 Å². The van der Waals surface area contributed by atoms with E-state index in [9.17, 15) is 9.90 Å². The molecule has 21 heavy (non-hydrogen) atoms. The Kier molecular flexibility index (Phi) is 2.58. The highest BCUT2D eigenvalue weighted by atomic mass is 16.3. The van der Waals surface area contributed by atoms with Gasteiger partial charge in [0.2, 0.25) is 5.76 Å². The molecule has 1 aliphatic heterocycles. The van der Waals surface area contributed by atoms with Gasteiger partial charge in [-0.15, -0.1) is 0 Å². The Morgan fingerprint density at radius 2 is 2.29 bits per heavy atom. The Balaban J connectivity index is 2.01. The van der Waals surface area contributed by atoms with Crippen molar-refractivity contribution in [3.05, 3.63) is 36.2 Å². The van der Waals surface area contributed by atoms with Crippen LogP contribution in [0.5, 0.6) is 0 Å². The largest absolute Gasteiger partial charge is 0.449 e. The van der Waals surface area contributed by atoms with Gasteiger partial charge >= 0.3 is 0 Å². The van der Waals surface area contributed by atoms with Gasteiger partial charge in [-0.1, -0.05) is 6.07 Å². The molecule has 1 aliphatic rings. The lowest BCUT2D eigenvalue weighted by Gasteiger charge is -2.12. The highest BCUT2D eigenvalue weighted by Gasteiger charge is 2.27. The van der Waals surface area contributed by atoms with Crippen LogP contribution in [0.3, 0.4) is 0 Å². The van der Waals surface area contributed by atoms with Gasteiger partial charge in [-0.2, -0.15) is 0 Å². The molecule has 0 aliphatic carbocycles. The van der Waals surface area contributed by atoms with Crippen LogP contribution in [0.2, 0.25) is 0 Å². The van der Waals surface area contributed by atoms with Crippen molar-refractivity contribution in [2.45, 2.75) is 6.04 Å². The first-order valence-corrected chi connectivity index (χ1v) is 6.74. The molecule has 0 radical (unpaired) electrons. The van der Waals surface area contributed by atoms with Gasteiger partial charge in [-0.25, -0.2) is 0 Å². The van der Waals surface area contributed by atoms with Crippen LogP contribution in [0, 0.1) is 0 Å². The molecule has 0 unspecified atom stereocenters. The summed E-state index contributed by atoms with van der Waals surface area (Å²) < 4.78 is 5.70. The summed E-state index contributed by atoms with van der Waals surface area (Å²) in [7, 11) is 0. The quantitative estimate of drug-likeness (QED) is 0.630. The first-order valence-electron chi connectivity index (χ1n) is 6.74. The number of aliphatic hydroxyl groups is 1. The van der Waals surface area contributed by atoms with Crippen LogP contribution in [0.1, 0.15) is 10.6 Å². The predicted octanol–water partition coefficient (Wildman–Crippen LogP) is 1.50. The van der Waals surface area contributed by atoms with Crippen molar-refractivity contribution in [1.82, 2.24) is 10.3 Å². The summed E-state index contributed by atoms with van der Waals surface area (Å²) in [6.45, 7) is 0.323. The molecular weight excluding hydrogens is 270 g/mol. The summed E-state index contributed by atoms with van der Waals surface area (Å²) >= 11 is 0. The second-order valence-corrected chi connectivity index (χ2v) is 5.05. The van der Waals surface area contributed by atoms with Gasteiger partial charge in [0.05, 0.1) is 29.2 Å². The molecule has 0 fully saturated rings. The van der Waals surface area contributed by atoms with Gasteiger partial charge in [0.15, 0.2) is 0 Å². The maximum absolute atomic E-state index is 12.2. The number of hydrogen-bond acceptors (Lipinski definition) is 5. The number of nitrogens with one attached hydrogen (secondary N) is 2. The van der Waals surface area contributed by atoms with Crippen LogP contribution in [0.15, 0.2) is 34.9 Å². The number of benzene rings is 1. The number of carbonyl (C=O) groups is 1. The lowest BCUT2D eigenvalue weighted by atomic mass is 10.1. The van der Waals surface area contributed by atoms with E-state index in [-0.39, 0.29) is 24.3 Å². The normalized spacial score (nSPS) is 18.1. The van der Waals surface area contributed by atoms with E-state index >= 15 is 0 Å². The third kappa shape index (κ3) is 1.76. The maximum atomic E-state index is 12.2. The minimum atomic E-state index is -0.330. The SMILES string of the molecule is O=C1N[C@H](CO)CNc2c1oc1ccc3ncccc3c21. The van der Waals surface area contributed by atoms with Gasteiger partial charge in [-0.3, -0.25) is 9.78 Å². The van der Waals surface area contributed by atoms with E-state index in [0.717, 1.165) is 16.3 Å². The Labute approximate surface area is 119 Å². The highest BCUT2D eigenvalue weighted by Crippen LogP contribution is 2.36. The maximum Gasteiger partial charge on any atom is 0.289 e. The summed E-state index contributed by atoms with van der Waals surface area (Å²) in [6, 6.07) is 7.17. The Morgan fingerprint density at radius 1 is 1.38 bits per heavy atom. The Bertz CT molecular complexity index is 856. The molecule has 0 spiro atoms. The lowest BCUT2D eigenvalue weighted by Crippen LogP contribution is -2.39. The minimum Gasteiger partial charge on any atom is -0.449 e. The standard InChI is InChI=1S/C15H13N3O3/c19-7-8-6-17-13-12-9-2-1-5-16-10(9)3-4-11(12)21-14(13)15(20)18-8/h1-5,8,17,19H,6-7H2,(H,18,20)/t8-/m0/s1. The molecule has 2 aromatic heterocycles. The number of rotatable bonds is 1. The van der Waals surface area contributed by atoms with Crippen LogP contribution >= 0.6 is 0 Å². The van der Waals surface area contributed by atoms with Crippen molar-refractivity contribution in [3.63, 3.8) is 0 Å². The summed E-state index contributed by atoms with van der Waals surface area (Å²) in [6.07, 6.45) is 1.73. The zero-order valence-corrected chi connectivity index (χ0v) is 11.1. The fourth-order valence-corrected chi connectivity index (χ4v) is 2.72. The van der Waals surface area contributed by atoms with Crippen molar-refractivity contribution < 1.29 is 14.3 Å². The minimum absolute atomic E-state index is 0.122. The molecule has 3 heterocycles. The van der Waals surface area contributed by atoms with E-state index in [0.29, 0.717) is 17.8 Å². The molecular formula is C15H13N3O3. The lowest BCUT2D eigenvalue weighted by molar-refractivity contribution is 0.0900. The predicted molar refractivity (Wildman–Crippen MR) is 78.3 cm³/mol. The fraction of sp³-hybridized carbons (Fsp3) is 0.200. The molecule has 106 valence electrons. The number of aromatic nitrogens is 1. The fourth-order valence-electron chi connectivity index (χ4n) is 2.72. The number of anilines is 1. The molecule has 0 bridgehead atoms. The summed E-state index contributed by atoms with van der Waals surface area (Å²) in [5.41, 5.74) is 2.15. The van der Waals surface area contributed by atoms with Crippen LogP contribution in [0.25, 0.3) is 21.9 Å². The molecule has 3 N–H and O–H groups in total. The van der Waals surface area contributed by atoms with Crippen molar-refractivity contribution in [2.75, 3.05) is 18.5 Å². The average Bonchev–Trinajstić information content (AvgIpc) is 2.83. The Morgan fingerprint density at radius 3 is 3.14 bits per heavy atom. The zero-order chi connectivity index (χ0) is 14.4. The molecule has 6 heteroatoms. The summed E-state index contributed by atoms with van der Waals surface area (Å²) in [5.74, 6) is -0.0698. The second kappa shape index (κ2) is 4.46. The molecule has 1 atom stereocenters. The monoisotopic (exact) mass is 283 g/mol. The zero-order valence-electron chi connectivity index (χ0n) is 11.1. The van der Waals surface area contributed by atoms with Crippen molar-refractivity contribution in [1.29, 1.82) is 0 Å². The molecule has 0 saturated heterocycles. The Hall–Kier alpha value is -2.60. The van der Waals surface area contributed by atoms with Crippen molar-refractivity contribution in [3.8, 4) is 0 Å². The van der Waals surface area contributed by atoms with Crippen LogP contribution in [-0.4, -0.2) is 35.2 Å². The van der Waals surface area contributed by atoms with Gasteiger partial charge in [0.1, 0.15) is 5.58 Å². The van der Waals surface area contributed by atoms with Crippen LogP contribution in [-0.2, 0) is 0 Å². The van der Waals surface area contributed by atoms with E-state index in [2.05, 4.69) is 15.6 Å². The first-order chi connectivity index (χ1) is 10.3. The van der Waals surface area contributed by atoms with Gasteiger partial charge in [-0.05, 0) is 18.2 Å². The van der Waals surface area contributed by atoms with E-state index in [1.807, 2.05) is 24.3 Å². The van der Waals surface area contributed by atoms with E-state index in [4.69, 9.17) is 4.42 Å². The van der Waals surface area contributed by atoms with Gasteiger partial charge < -0.3 is 20.2 Å². The number of hydrogen-bond donors (Lipinski definition) is 3. The number of pyridine rings is 1. The summed E-state index contributed by atoms with van der Waals surface area (Å²) in [4.78, 5) is 16.5. The molecule has 6 nitrogen and oxygen atoms in total. The second-order valence-electron chi connectivity index (χ2n) is 5.05. The molecule has 4 rings (SSSR count). The summed E-state index contributed by atoms with van der Waals surface area (Å²) in [5, 5.41) is 17.0. The number of aliphatic hydroxyl groups excluding tert-OH is 1. The number of fused-ring (bicyclic) bond motifs is 5.